The molecule has 0 amide bonds. The number of ether oxygens (including phenoxy) is 2. The van der Waals surface area contributed by atoms with E-state index in [1.54, 1.807) is 26.6 Å². The Bertz CT molecular complexity index is 981. The summed E-state index contributed by atoms with van der Waals surface area (Å²) in [6, 6.07) is 11.9. The van der Waals surface area contributed by atoms with Crippen LogP contribution in [-0.2, 0) is 0 Å². The predicted molar refractivity (Wildman–Crippen MR) is 97.2 cm³/mol. The first-order chi connectivity index (χ1) is 11.3. The van der Waals surface area contributed by atoms with Gasteiger partial charge in [-0.15, -0.1) is 12.4 Å². The molecule has 2 aromatic carbocycles. The molecule has 0 saturated heterocycles. The topological polar surface area (TPSA) is 60.0 Å². The van der Waals surface area contributed by atoms with Gasteiger partial charge in [0.05, 0.1) is 37.0 Å². The summed E-state index contributed by atoms with van der Waals surface area (Å²) in [5, 5.41) is 2.16. The number of nitrogens with one attached hydrogen (secondary N) is 1. The summed E-state index contributed by atoms with van der Waals surface area (Å²) in [7, 11) is 3.32. The first-order valence-corrected chi connectivity index (χ1v) is 7.24. The number of H-pyrrole nitrogens is 1. The molecule has 0 aliphatic carbocycles. The van der Waals surface area contributed by atoms with E-state index in [1.807, 2.05) is 30.3 Å². The number of methoxy groups -OCH3 is 2. The molecule has 0 fully saturated rings. The van der Waals surface area contributed by atoms with Crippen molar-refractivity contribution in [3.8, 4) is 22.9 Å². The second-order valence-electron chi connectivity index (χ2n) is 5.24. The number of nitrogens with zero attached hydrogens (tertiary/aromatic N) is 2. The molecule has 122 valence electrons. The number of aromatic amines is 1. The van der Waals surface area contributed by atoms with Crippen molar-refractivity contribution in [3.63, 3.8) is 0 Å². The highest BCUT2D eigenvalue weighted by Crippen LogP contribution is 2.34. The number of fused-ring (bicyclic) bond motifs is 2. The second-order valence-corrected chi connectivity index (χ2v) is 5.24. The number of imidazole rings is 1. The standard InChI is InChI=1S/C18H15N3O2.ClH/c1-22-13-4-3-11-8-14(17(23-2)9-12(11)7-13)18-20-15-5-6-19-10-16(15)21-18;/h3-10H,1-2H3,(H,20,21);1H. The highest BCUT2D eigenvalue weighted by Gasteiger charge is 2.12. The first-order valence-electron chi connectivity index (χ1n) is 7.24. The summed E-state index contributed by atoms with van der Waals surface area (Å²) in [5.74, 6) is 2.35. The molecule has 0 atom stereocenters. The summed E-state index contributed by atoms with van der Waals surface area (Å²) in [6.45, 7) is 0. The van der Waals surface area contributed by atoms with Gasteiger partial charge in [0.2, 0.25) is 0 Å². The predicted octanol–water partition coefficient (Wildman–Crippen LogP) is 4.22. The van der Waals surface area contributed by atoms with E-state index in [1.165, 1.54) is 0 Å². The summed E-state index contributed by atoms with van der Waals surface area (Å²) in [5.41, 5.74) is 2.70. The lowest BCUT2D eigenvalue weighted by molar-refractivity contribution is 0.414. The zero-order chi connectivity index (χ0) is 15.8. The molecule has 0 unspecified atom stereocenters. The van der Waals surface area contributed by atoms with Gasteiger partial charge >= 0.3 is 0 Å². The fourth-order valence-electron chi connectivity index (χ4n) is 2.72. The van der Waals surface area contributed by atoms with Crippen LogP contribution in [-0.4, -0.2) is 29.2 Å². The van der Waals surface area contributed by atoms with Crippen LogP contribution in [0, 0.1) is 0 Å². The fraction of sp³-hybridized carbons (Fsp3) is 0.111. The third kappa shape index (κ3) is 2.63. The minimum atomic E-state index is 0. The lowest BCUT2D eigenvalue weighted by Gasteiger charge is -2.09. The van der Waals surface area contributed by atoms with Crippen molar-refractivity contribution >= 4 is 34.2 Å². The number of halogens is 1. The SMILES string of the molecule is COc1ccc2cc(-c3nc4ccncc4[nH]3)c(OC)cc2c1.Cl. The molecule has 24 heavy (non-hydrogen) atoms. The van der Waals surface area contributed by atoms with Gasteiger partial charge in [-0.05, 0) is 41.1 Å². The smallest absolute Gasteiger partial charge is 0.142 e. The van der Waals surface area contributed by atoms with Crippen LogP contribution in [0.1, 0.15) is 0 Å². The third-order valence-corrected chi connectivity index (χ3v) is 3.90. The lowest BCUT2D eigenvalue weighted by atomic mass is 10.0. The molecule has 0 aliphatic rings. The zero-order valence-corrected chi connectivity index (χ0v) is 14.1. The molecule has 6 heteroatoms. The number of pyridine rings is 1. The van der Waals surface area contributed by atoms with Gasteiger partial charge in [0.15, 0.2) is 0 Å². The largest absolute Gasteiger partial charge is 0.497 e. The molecule has 1 N–H and O–H groups in total. The fourth-order valence-corrected chi connectivity index (χ4v) is 2.72. The van der Waals surface area contributed by atoms with Gasteiger partial charge in [-0.3, -0.25) is 4.98 Å². The molecule has 2 aromatic heterocycles. The number of hydrogen-bond acceptors (Lipinski definition) is 4. The van der Waals surface area contributed by atoms with Crippen LogP contribution in [0.25, 0.3) is 33.2 Å². The molecule has 4 rings (SSSR count). The van der Waals surface area contributed by atoms with Crippen molar-refractivity contribution in [1.82, 2.24) is 15.0 Å². The normalized spacial score (nSPS) is 10.6. The van der Waals surface area contributed by atoms with Crippen molar-refractivity contribution < 1.29 is 9.47 Å². The highest BCUT2D eigenvalue weighted by atomic mass is 35.5. The van der Waals surface area contributed by atoms with Gasteiger partial charge in [0.25, 0.3) is 0 Å². The van der Waals surface area contributed by atoms with Crippen LogP contribution < -0.4 is 9.47 Å². The van der Waals surface area contributed by atoms with Crippen molar-refractivity contribution in [2.75, 3.05) is 14.2 Å². The third-order valence-electron chi connectivity index (χ3n) is 3.90. The van der Waals surface area contributed by atoms with Gasteiger partial charge in [0, 0.05) is 6.20 Å². The molecule has 0 bridgehead atoms. The Balaban J connectivity index is 0.00000169. The van der Waals surface area contributed by atoms with Crippen molar-refractivity contribution in [3.05, 3.63) is 48.8 Å². The molecule has 0 aliphatic heterocycles. The number of aromatic nitrogens is 3. The Kier molecular flexibility index (Phi) is 4.27. The minimum absolute atomic E-state index is 0. The Morgan fingerprint density at radius 2 is 1.83 bits per heavy atom. The van der Waals surface area contributed by atoms with Gasteiger partial charge < -0.3 is 14.5 Å². The highest BCUT2D eigenvalue weighted by molar-refractivity contribution is 5.91. The van der Waals surface area contributed by atoms with Crippen molar-refractivity contribution in [1.29, 1.82) is 0 Å². The van der Waals surface area contributed by atoms with Crippen molar-refractivity contribution in [2.24, 2.45) is 0 Å². The number of benzene rings is 2. The number of hydrogen-bond donors (Lipinski definition) is 1. The van der Waals surface area contributed by atoms with Crippen LogP contribution in [0.3, 0.4) is 0 Å². The Labute approximate surface area is 145 Å². The van der Waals surface area contributed by atoms with E-state index >= 15 is 0 Å². The molecule has 0 radical (unpaired) electrons. The second kappa shape index (κ2) is 6.37. The molecule has 0 saturated carbocycles. The molecule has 0 spiro atoms. The van der Waals surface area contributed by atoms with Crippen LogP contribution >= 0.6 is 12.4 Å². The van der Waals surface area contributed by atoms with Crippen LogP contribution in [0.2, 0.25) is 0 Å². The molecular weight excluding hydrogens is 326 g/mol. The van der Waals surface area contributed by atoms with Gasteiger partial charge in [-0.2, -0.15) is 0 Å². The van der Waals surface area contributed by atoms with E-state index in [0.29, 0.717) is 0 Å². The maximum atomic E-state index is 5.56. The average Bonchev–Trinajstić information content (AvgIpc) is 3.03. The van der Waals surface area contributed by atoms with E-state index in [4.69, 9.17) is 9.47 Å². The quantitative estimate of drug-likeness (QED) is 0.606. The summed E-state index contributed by atoms with van der Waals surface area (Å²) < 4.78 is 10.8. The maximum Gasteiger partial charge on any atom is 0.142 e. The monoisotopic (exact) mass is 341 g/mol. The Morgan fingerprint density at radius 1 is 0.958 bits per heavy atom. The molecule has 4 aromatic rings. The van der Waals surface area contributed by atoms with E-state index in [0.717, 1.165) is 44.7 Å². The average molecular weight is 342 g/mol. The van der Waals surface area contributed by atoms with E-state index in [9.17, 15) is 0 Å². The van der Waals surface area contributed by atoms with Gasteiger partial charge in [-0.1, -0.05) is 6.07 Å². The summed E-state index contributed by atoms with van der Waals surface area (Å²) in [4.78, 5) is 12.0. The first kappa shape index (κ1) is 16.1. The Morgan fingerprint density at radius 3 is 2.58 bits per heavy atom. The van der Waals surface area contributed by atoms with E-state index in [2.05, 4.69) is 21.0 Å². The van der Waals surface area contributed by atoms with Gasteiger partial charge in [-0.25, -0.2) is 4.98 Å². The van der Waals surface area contributed by atoms with Gasteiger partial charge in [0.1, 0.15) is 17.3 Å². The summed E-state index contributed by atoms with van der Waals surface area (Å²) >= 11 is 0. The lowest BCUT2D eigenvalue weighted by Crippen LogP contribution is -1.91. The molecule has 5 nitrogen and oxygen atoms in total. The zero-order valence-electron chi connectivity index (χ0n) is 13.2. The van der Waals surface area contributed by atoms with E-state index < -0.39 is 0 Å². The van der Waals surface area contributed by atoms with Crippen LogP contribution in [0.4, 0.5) is 0 Å². The molecular formula is C18H16ClN3O2. The summed E-state index contributed by atoms with van der Waals surface area (Å²) in [6.07, 6.45) is 3.50. The Hall–Kier alpha value is -2.79. The van der Waals surface area contributed by atoms with Crippen LogP contribution in [0.15, 0.2) is 48.8 Å². The maximum absolute atomic E-state index is 5.56. The number of rotatable bonds is 3. The van der Waals surface area contributed by atoms with Crippen LogP contribution in [0.5, 0.6) is 11.5 Å². The minimum Gasteiger partial charge on any atom is -0.497 e. The van der Waals surface area contributed by atoms with E-state index in [-0.39, 0.29) is 12.4 Å². The van der Waals surface area contributed by atoms with Crippen molar-refractivity contribution in [2.45, 2.75) is 0 Å². The molecule has 2 heterocycles.